The number of rotatable bonds is 42. The number of carbonyl (C=O) groups is 24. The Balaban J connectivity index is -0.00000153. The molecule has 2 heterocycles. The third kappa shape index (κ3) is 60.8. The van der Waals surface area contributed by atoms with E-state index in [1.54, 1.807) is 111 Å². The SMILES string of the molecule is COC(=O)CCC(=O)N1CCCC1C(=O)O.COC(=O)CCC(=O)NC(C(=O)O)c1cn(C(=O)OC(C)(C)C)c2ccccc12.COC(=O)CCC(=O)NC(C)C(=O)O.COC(=O)CCC(=O)NC(CC(=O)OC(C)(C)C)C(=O)O.COC(=O)CCC(=O)NC(CCC(=O)OC(C)(C)C)C(=O)O.COC(=O)CCC(=O)NC(Cc1ccccc1)C(=O)O.COC(=O)CCC(=O)NCC(=O)O. The number of carboxylic acid groups (broad SMARTS) is 7. The number of para-hydroxylation sites is 1. The maximum Gasteiger partial charge on any atom is 0.419 e. The first kappa shape index (κ1) is 124. The molecule has 135 heavy (non-hydrogen) atoms. The number of esters is 9. The number of carboxylic acids is 7. The normalized spacial score (nSPS) is 12.6. The van der Waals surface area contributed by atoms with Gasteiger partial charge in [-0.15, -0.1) is 0 Å². The van der Waals surface area contributed by atoms with Gasteiger partial charge in [-0.05, 0) is 100 Å². The third-order valence-corrected chi connectivity index (χ3v) is 16.7. The summed E-state index contributed by atoms with van der Waals surface area (Å²) in [4.78, 5) is 269. The molecule has 2 aromatic carbocycles. The molecule has 1 fully saturated rings. The lowest BCUT2D eigenvalue weighted by molar-refractivity contribution is -0.159. The predicted molar refractivity (Wildman–Crippen MR) is 463 cm³/mol. The van der Waals surface area contributed by atoms with E-state index in [-0.39, 0.29) is 121 Å². The van der Waals surface area contributed by atoms with Gasteiger partial charge in [0.25, 0.3) is 0 Å². The van der Waals surface area contributed by atoms with Gasteiger partial charge in [0.2, 0.25) is 41.4 Å². The van der Waals surface area contributed by atoms with Crippen molar-refractivity contribution in [1.82, 2.24) is 41.4 Å². The second-order valence-electron chi connectivity index (χ2n) is 31.2. The van der Waals surface area contributed by atoms with E-state index < -0.39 is 203 Å². The highest BCUT2D eigenvalue weighted by Gasteiger charge is 2.35. The fraction of sp³-hybridized carbons (Fsp3) is 0.558. The van der Waals surface area contributed by atoms with Gasteiger partial charge in [-0.2, -0.15) is 0 Å². The number of ether oxygens (including phenoxy) is 10. The van der Waals surface area contributed by atoms with E-state index in [0.717, 1.165) is 5.56 Å². The molecule has 6 atom stereocenters. The van der Waals surface area contributed by atoms with Crippen molar-refractivity contribution in [3.63, 3.8) is 0 Å². The van der Waals surface area contributed by atoms with Crippen LogP contribution in [0.5, 0.6) is 0 Å². The van der Waals surface area contributed by atoms with Crippen LogP contribution in [0.4, 0.5) is 4.79 Å². The lowest BCUT2D eigenvalue weighted by atomic mass is 10.1. The average Bonchev–Trinajstić information content (AvgIpc) is 1.62. The lowest BCUT2D eigenvalue weighted by Crippen LogP contribution is -2.43. The lowest BCUT2D eigenvalue weighted by Gasteiger charge is -2.21. The van der Waals surface area contributed by atoms with Crippen molar-refractivity contribution < 1.29 is 198 Å². The number of hydrogen-bond acceptors (Lipinski definition) is 34. The van der Waals surface area contributed by atoms with E-state index in [2.05, 4.69) is 65.1 Å². The molecule has 0 radical (unpaired) electrons. The van der Waals surface area contributed by atoms with Crippen LogP contribution in [0.3, 0.4) is 0 Å². The molecule has 49 heteroatoms. The fourth-order valence-electron chi connectivity index (χ4n) is 10.2. The number of methoxy groups -OCH3 is 7. The average molecular weight is 1930 g/mol. The first-order chi connectivity index (χ1) is 62.7. The van der Waals surface area contributed by atoms with Crippen molar-refractivity contribution in [2.45, 2.75) is 251 Å². The number of carbonyl (C=O) groups excluding carboxylic acids is 17. The Morgan fingerprint density at radius 2 is 0.748 bits per heavy atom. The van der Waals surface area contributed by atoms with Gasteiger partial charge < -0.3 is 120 Å². The highest BCUT2D eigenvalue weighted by molar-refractivity contribution is 5.97. The van der Waals surface area contributed by atoms with E-state index in [0.29, 0.717) is 30.3 Å². The van der Waals surface area contributed by atoms with E-state index in [9.17, 15) is 120 Å². The number of nitrogens with one attached hydrogen (secondary N) is 6. The van der Waals surface area contributed by atoms with Gasteiger partial charge in [0.1, 0.15) is 53.6 Å². The van der Waals surface area contributed by atoms with Gasteiger partial charge in [-0.3, -0.25) is 90.9 Å². The Kier molecular flexibility index (Phi) is 60.6. The molecule has 754 valence electrons. The Labute approximate surface area is 776 Å². The Hall–Kier alpha value is -14.7. The monoisotopic (exact) mass is 1920 g/mol. The summed E-state index contributed by atoms with van der Waals surface area (Å²) in [6.45, 7) is 16.6. The zero-order chi connectivity index (χ0) is 104. The summed E-state index contributed by atoms with van der Waals surface area (Å²) < 4.78 is 47.3. The highest BCUT2D eigenvalue weighted by atomic mass is 16.6. The molecule has 1 saturated heterocycles. The van der Waals surface area contributed by atoms with Gasteiger partial charge in [-0.1, -0.05) is 48.5 Å². The summed E-state index contributed by atoms with van der Waals surface area (Å²) >= 11 is 0. The van der Waals surface area contributed by atoms with Crippen LogP contribution in [0.2, 0.25) is 0 Å². The first-order valence-electron chi connectivity index (χ1n) is 41.1. The van der Waals surface area contributed by atoms with Crippen molar-refractivity contribution in [1.29, 1.82) is 0 Å². The molecule has 0 bridgehead atoms. The van der Waals surface area contributed by atoms with Crippen LogP contribution in [0.25, 0.3) is 10.9 Å². The molecule has 0 aliphatic carbocycles. The zero-order valence-electron chi connectivity index (χ0n) is 78.2. The van der Waals surface area contributed by atoms with Crippen molar-refractivity contribution in [3.05, 3.63) is 71.9 Å². The molecule has 6 unspecified atom stereocenters. The molecule has 1 aromatic heterocycles. The number of hydrogen-bond donors (Lipinski definition) is 13. The Bertz CT molecular complexity index is 4500. The minimum absolute atomic E-state index is 0.00181. The summed E-state index contributed by atoms with van der Waals surface area (Å²) in [5, 5.41) is 76.3. The third-order valence-electron chi connectivity index (χ3n) is 16.7. The van der Waals surface area contributed by atoms with Gasteiger partial charge in [-0.25, -0.2) is 28.8 Å². The topological polar surface area (TPSA) is 724 Å². The van der Waals surface area contributed by atoms with Crippen LogP contribution in [-0.4, -0.2) is 298 Å². The number of amides is 7. The second kappa shape index (κ2) is 65.8. The van der Waals surface area contributed by atoms with E-state index >= 15 is 0 Å². The summed E-state index contributed by atoms with van der Waals surface area (Å²) in [5.74, 6) is -16.8. The summed E-state index contributed by atoms with van der Waals surface area (Å²) in [6.07, 6.45) is -0.110. The summed E-state index contributed by atoms with van der Waals surface area (Å²) in [5.41, 5.74) is -0.642. The van der Waals surface area contributed by atoms with Crippen molar-refractivity contribution in [2.24, 2.45) is 0 Å². The largest absolute Gasteiger partial charge is 0.480 e. The zero-order valence-corrected chi connectivity index (χ0v) is 78.2. The summed E-state index contributed by atoms with van der Waals surface area (Å²) in [6, 6.07) is 9.01. The minimum atomic E-state index is -1.41. The molecular formula is C86H124N8O41. The summed E-state index contributed by atoms with van der Waals surface area (Å²) in [7, 11) is 8.51. The van der Waals surface area contributed by atoms with Crippen molar-refractivity contribution in [2.75, 3.05) is 62.9 Å². The number of nitrogens with zero attached hydrogens (tertiary/aromatic N) is 2. The maximum absolute atomic E-state index is 12.6. The van der Waals surface area contributed by atoms with Crippen LogP contribution in [0.15, 0.2) is 60.8 Å². The Morgan fingerprint density at radius 1 is 0.385 bits per heavy atom. The number of fused-ring (bicyclic) bond motifs is 1. The maximum atomic E-state index is 12.6. The van der Waals surface area contributed by atoms with Crippen LogP contribution in [0, 0.1) is 0 Å². The molecule has 49 nitrogen and oxygen atoms in total. The molecule has 7 amide bonds. The van der Waals surface area contributed by atoms with Gasteiger partial charge in [0, 0.05) is 81.5 Å². The molecule has 1 aliphatic heterocycles. The molecular weight excluding hydrogens is 1800 g/mol. The quantitative estimate of drug-likeness (QED) is 0.0286. The molecule has 3 aromatic rings. The minimum Gasteiger partial charge on any atom is -0.480 e. The predicted octanol–water partition coefficient (Wildman–Crippen LogP) is 2.93. The number of likely N-dealkylation sites (tertiary alicyclic amines) is 1. The van der Waals surface area contributed by atoms with Crippen LogP contribution >= 0.6 is 0 Å². The molecule has 0 spiro atoms. The Morgan fingerprint density at radius 3 is 1.13 bits per heavy atom. The number of aliphatic carboxylic acids is 7. The number of aromatic nitrogens is 1. The number of benzene rings is 2. The van der Waals surface area contributed by atoms with Crippen LogP contribution < -0.4 is 31.9 Å². The smallest absolute Gasteiger partial charge is 0.419 e. The van der Waals surface area contributed by atoms with Gasteiger partial charge in [0.05, 0.1) is 107 Å². The van der Waals surface area contributed by atoms with E-state index in [1.807, 2.05) is 6.07 Å². The van der Waals surface area contributed by atoms with Gasteiger partial charge in [0.15, 0.2) is 6.04 Å². The van der Waals surface area contributed by atoms with Crippen LogP contribution in [-0.2, 0) is 164 Å². The standard InChI is InChI=1S/C20H24N2O7.C14H23NO7.C14H17NO5.C13H21NO7.C10H15NO5.C8H13NO5.C7H11NO5/c1-20(2,3)29-19(27)22-11-13(12-7-5-6-8-14(12)22)17(18(25)26)21-15(23)9-10-16(24)28-4;1-14(2,3)22-12(18)7-5-9(13(19)20)15-10(16)6-8-11(17)21-4;1-20-13(17)8-7-12(16)15-11(14(18)19)9-10-5-3-2-4-6-10;1-13(2,3)21-11(17)7-8(12(18)19)14-9(15)5-6-10(16)20-4;1-16-9(13)5-4-8(12)11-6-2-3-7(11)10(14)15;1-5(8(12)13)9-6(10)3-4-7(11)14-2;1-13-7(12)3-2-5(9)8-4-6(10)11/h5-8,11,17H,9-10H2,1-4H3,(H,21,23)(H,25,26);9H,5-8H2,1-4H3,(H,15,16)(H,19,20);2-6,11H,7-9H2,1H3,(H,15,16)(H,18,19);8H,5-7H2,1-4H3,(H,14,15)(H,18,19);7H,2-6H2,1H3,(H,14,15);5H,3-4H2,1-2H3,(H,9,10)(H,12,13);2-4H2,1H3,(H,8,9)(H,10,11). The first-order valence-corrected chi connectivity index (χ1v) is 41.1. The fourth-order valence-corrected chi connectivity index (χ4v) is 10.2. The molecule has 1 aliphatic rings. The second-order valence-corrected chi connectivity index (χ2v) is 31.2. The van der Waals surface area contributed by atoms with E-state index in [1.165, 1.54) is 72.4 Å². The van der Waals surface area contributed by atoms with E-state index in [4.69, 9.17) is 44.8 Å². The molecule has 0 saturated carbocycles. The van der Waals surface area contributed by atoms with Crippen molar-refractivity contribution >= 4 is 154 Å². The van der Waals surface area contributed by atoms with Crippen LogP contribution in [0.1, 0.15) is 208 Å². The molecule has 4 rings (SSSR count). The highest BCUT2D eigenvalue weighted by Crippen LogP contribution is 2.29. The van der Waals surface area contributed by atoms with Crippen molar-refractivity contribution in [3.8, 4) is 0 Å². The molecule has 13 N–H and O–H groups in total. The van der Waals surface area contributed by atoms with Gasteiger partial charge >= 0.3 is 102 Å².